The molecule has 2 aromatic carbocycles. The predicted octanol–water partition coefficient (Wildman–Crippen LogP) is 5.14. The van der Waals surface area contributed by atoms with E-state index in [1.807, 2.05) is 11.4 Å². The molecule has 26 heavy (non-hydrogen) atoms. The number of hydrogen-bond donors (Lipinski definition) is 1. The van der Waals surface area contributed by atoms with Crippen LogP contribution in [0, 0.1) is 0 Å². The number of para-hydroxylation sites is 2. The van der Waals surface area contributed by atoms with Gasteiger partial charge in [0.25, 0.3) is 5.91 Å². The lowest BCUT2D eigenvalue weighted by Crippen LogP contribution is -2.20. The van der Waals surface area contributed by atoms with E-state index < -0.39 is 0 Å². The second kappa shape index (κ2) is 8.40. The van der Waals surface area contributed by atoms with Gasteiger partial charge in [-0.2, -0.15) is 0 Å². The molecule has 1 amide bonds. The van der Waals surface area contributed by atoms with Crippen molar-refractivity contribution in [3.8, 4) is 22.8 Å². The van der Waals surface area contributed by atoms with Crippen LogP contribution >= 0.6 is 34.5 Å². The standard InChI is InChI=1S/C18H14Cl2N2O3S/c1-24-15-4-2-3-5-16(15)25-9-17(23)22-18-21-14(10-26-18)12-7-6-11(19)8-13(12)20/h2-8,10H,9H2,1H3,(H,21,22,23). The number of ether oxygens (including phenoxy) is 2. The SMILES string of the molecule is COc1ccccc1OCC(=O)Nc1nc(-c2ccc(Cl)cc2Cl)cs1. The first kappa shape index (κ1) is 18.5. The summed E-state index contributed by atoms with van der Waals surface area (Å²) in [5.41, 5.74) is 1.41. The summed E-state index contributed by atoms with van der Waals surface area (Å²) in [5.74, 6) is 0.742. The van der Waals surface area contributed by atoms with Gasteiger partial charge in [0.05, 0.1) is 17.8 Å². The van der Waals surface area contributed by atoms with Crippen LogP contribution in [0.4, 0.5) is 5.13 Å². The Morgan fingerprint density at radius 1 is 1.19 bits per heavy atom. The van der Waals surface area contributed by atoms with Gasteiger partial charge in [0, 0.05) is 16.0 Å². The molecular formula is C18H14Cl2N2O3S. The van der Waals surface area contributed by atoms with E-state index in [2.05, 4.69) is 10.3 Å². The molecule has 0 bridgehead atoms. The Morgan fingerprint density at radius 3 is 2.69 bits per heavy atom. The van der Waals surface area contributed by atoms with Gasteiger partial charge in [-0.1, -0.05) is 35.3 Å². The van der Waals surface area contributed by atoms with Crippen LogP contribution in [0.25, 0.3) is 11.3 Å². The van der Waals surface area contributed by atoms with Crippen molar-refractivity contribution in [3.05, 3.63) is 57.9 Å². The molecule has 1 N–H and O–H groups in total. The van der Waals surface area contributed by atoms with Crippen LogP contribution in [0.1, 0.15) is 0 Å². The zero-order valence-electron chi connectivity index (χ0n) is 13.7. The molecule has 0 atom stereocenters. The summed E-state index contributed by atoms with van der Waals surface area (Å²) in [4.78, 5) is 16.5. The van der Waals surface area contributed by atoms with E-state index in [1.54, 1.807) is 43.5 Å². The molecule has 0 aliphatic heterocycles. The number of amides is 1. The van der Waals surface area contributed by atoms with Gasteiger partial charge < -0.3 is 9.47 Å². The highest BCUT2D eigenvalue weighted by molar-refractivity contribution is 7.14. The number of anilines is 1. The zero-order chi connectivity index (χ0) is 18.5. The number of halogens is 2. The number of nitrogens with zero attached hydrogens (tertiary/aromatic N) is 1. The Bertz CT molecular complexity index is 930. The van der Waals surface area contributed by atoms with Crippen molar-refractivity contribution < 1.29 is 14.3 Å². The molecule has 3 rings (SSSR count). The second-order valence-corrected chi connectivity index (χ2v) is 6.85. The smallest absolute Gasteiger partial charge is 0.264 e. The molecule has 0 saturated carbocycles. The highest BCUT2D eigenvalue weighted by atomic mass is 35.5. The summed E-state index contributed by atoms with van der Waals surface area (Å²) in [5, 5.41) is 6.03. The fraction of sp³-hybridized carbons (Fsp3) is 0.111. The highest BCUT2D eigenvalue weighted by Gasteiger charge is 2.12. The monoisotopic (exact) mass is 408 g/mol. The van der Waals surface area contributed by atoms with Gasteiger partial charge in [-0.25, -0.2) is 4.98 Å². The number of thiazole rings is 1. The number of benzene rings is 2. The van der Waals surface area contributed by atoms with Crippen LogP contribution in [-0.4, -0.2) is 24.6 Å². The molecule has 0 saturated heterocycles. The third-order valence-corrected chi connectivity index (χ3v) is 4.69. The van der Waals surface area contributed by atoms with Gasteiger partial charge in [0.15, 0.2) is 23.2 Å². The van der Waals surface area contributed by atoms with E-state index in [0.717, 1.165) is 5.56 Å². The minimum atomic E-state index is -0.320. The van der Waals surface area contributed by atoms with Crippen molar-refractivity contribution in [2.24, 2.45) is 0 Å². The normalized spacial score (nSPS) is 10.4. The summed E-state index contributed by atoms with van der Waals surface area (Å²) in [6.07, 6.45) is 0. The molecule has 3 aromatic rings. The average Bonchev–Trinajstić information content (AvgIpc) is 3.08. The number of carbonyl (C=O) groups excluding carboxylic acids is 1. The number of methoxy groups -OCH3 is 1. The van der Waals surface area contributed by atoms with Crippen LogP contribution in [0.15, 0.2) is 47.8 Å². The van der Waals surface area contributed by atoms with Crippen molar-refractivity contribution in [2.75, 3.05) is 19.0 Å². The fourth-order valence-corrected chi connectivity index (χ4v) is 3.42. The molecule has 5 nitrogen and oxygen atoms in total. The summed E-state index contributed by atoms with van der Waals surface area (Å²) < 4.78 is 10.7. The maximum atomic E-state index is 12.1. The number of hydrogen-bond acceptors (Lipinski definition) is 5. The molecular weight excluding hydrogens is 395 g/mol. The number of rotatable bonds is 6. The van der Waals surface area contributed by atoms with Gasteiger partial charge >= 0.3 is 0 Å². The molecule has 1 heterocycles. The molecule has 8 heteroatoms. The van der Waals surface area contributed by atoms with E-state index in [-0.39, 0.29) is 12.5 Å². The Morgan fingerprint density at radius 2 is 1.96 bits per heavy atom. The molecule has 134 valence electrons. The van der Waals surface area contributed by atoms with Gasteiger partial charge in [-0.05, 0) is 30.3 Å². The van der Waals surface area contributed by atoms with Crippen LogP contribution in [0.2, 0.25) is 10.0 Å². The summed E-state index contributed by atoms with van der Waals surface area (Å²) in [6, 6.07) is 12.3. The molecule has 0 unspecified atom stereocenters. The van der Waals surface area contributed by atoms with Crippen molar-refractivity contribution in [1.82, 2.24) is 4.98 Å². The summed E-state index contributed by atoms with van der Waals surface area (Å²) >= 11 is 13.4. The largest absolute Gasteiger partial charge is 0.493 e. The first-order valence-corrected chi connectivity index (χ1v) is 9.17. The predicted molar refractivity (Wildman–Crippen MR) is 105 cm³/mol. The summed E-state index contributed by atoms with van der Waals surface area (Å²) in [6.45, 7) is -0.156. The van der Waals surface area contributed by atoms with E-state index in [0.29, 0.717) is 32.4 Å². The van der Waals surface area contributed by atoms with Gasteiger partial charge in [0.1, 0.15) is 0 Å². The molecule has 0 aliphatic carbocycles. The van der Waals surface area contributed by atoms with Crippen molar-refractivity contribution in [1.29, 1.82) is 0 Å². The van der Waals surface area contributed by atoms with Gasteiger partial charge in [-0.15, -0.1) is 11.3 Å². The summed E-state index contributed by atoms with van der Waals surface area (Å²) in [7, 11) is 1.54. The third kappa shape index (κ3) is 4.46. The van der Waals surface area contributed by atoms with Crippen molar-refractivity contribution in [2.45, 2.75) is 0 Å². The number of nitrogens with one attached hydrogen (secondary N) is 1. The van der Waals surface area contributed by atoms with E-state index in [4.69, 9.17) is 32.7 Å². The van der Waals surface area contributed by atoms with Crippen LogP contribution in [0.3, 0.4) is 0 Å². The Kier molecular flexibility index (Phi) is 5.98. The Balaban J connectivity index is 1.63. The number of carbonyl (C=O) groups is 1. The fourth-order valence-electron chi connectivity index (χ4n) is 2.19. The molecule has 0 aliphatic rings. The lowest BCUT2D eigenvalue weighted by Gasteiger charge is -2.09. The second-order valence-electron chi connectivity index (χ2n) is 5.15. The first-order valence-electron chi connectivity index (χ1n) is 7.53. The van der Waals surface area contributed by atoms with Crippen molar-refractivity contribution >= 4 is 45.6 Å². The Labute approximate surface area is 164 Å². The lowest BCUT2D eigenvalue weighted by molar-refractivity contribution is -0.118. The van der Waals surface area contributed by atoms with Crippen LogP contribution in [0.5, 0.6) is 11.5 Å². The zero-order valence-corrected chi connectivity index (χ0v) is 16.0. The minimum absolute atomic E-state index is 0.156. The van der Waals surface area contributed by atoms with Crippen LogP contribution in [-0.2, 0) is 4.79 Å². The maximum absolute atomic E-state index is 12.1. The average molecular weight is 409 g/mol. The quantitative estimate of drug-likeness (QED) is 0.612. The molecule has 0 radical (unpaired) electrons. The molecule has 0 spiro atoms. The lowest BCUT2D eigenvalue weighted by atomic mass is 10.2. The third-order valence-electron chi connectivity index (χ3n) is 3.39. The molecule has 0 fully saturated rings. The Hall–Kier alpha value is -2.28. The van der Waals surface area contributed by atoms with Gasteiger partial charge in [-0.3, -0.25) is 10.1 Å². The van der Waals surface area contributed by atoms with Crippen molar-refractivity contribution in [3.63, 3.8) is 0 Å². The van der Waals surface area contributed by atoms with E-state index >= 15 is 0 Å². The first-order chi connectivity index (χ1) is 12.6. The number of aromatic nitrogens is 1. The topological polar surface area (TPSA) is 60.5 Å². The highest BCUT2D eigenvalue weighted by Crippen LogP contribution is 2.32. The molecule has 1 aromatic heterocycles. The van der Waals surface area contributed by atoms with E-state index in [9.17, 15) is 4.79 Å². The maximum Gasteiger partial charge on any atom is 0.264 e. The van der Waals surface area contributed by atoms with Crippen LogP contribution < -0.4 is 14.8 Å². The van der Waals surface area contributed by atoms with Gasteiger partial charge in [0.2, 0.25) is 0 Å². The van der Waals surface area contributed by atoms with E-state index in [1.165, 1.54) is 11.3 Å². The minimum Gasteiger partial charge on any atom is -0.493 e.